The van der Waals surface area contributed by atoms with Crippen molar-refractivity contribution in [3.05, 3.63) is 46.0 Å². The number of H-pyrrole nitrogens is 1. The Hall–Kier alpha value is -2.44. The summed E-state index contributed by atoms with van der Waals surface area (Å²) in [6, 6.07) is 2.99. The predicted octanol–water partition coefficient (Wildman–Crippen LogP) is 1.61. The third-order valence-corrected chi connectivity index (χ3v) is 4.24. The average Bonchev–Trinajstić information content (AvgIpc) is 3.07. The highest BCUT2D eigenvalue weighted by Crippen LogP contribution is 2.40. The zero-order chi connectivity index (χ0) is 15.1. The molecule has 0 aromatic carbocycles. The maximum atomic E-state index is 12.6. The molecule has 2 aliphatic rings. The lowest BCUT2D eigenvalue weighted by molar-refractivity contribution is 0.0726. The summed E-state index contributed by atoms with van der Waals surface area (Å²) in [5, 5.41) is 4.04. The van der Waals surface area contributed by atoms with Crippen LogP contribution in [0, 0.1) is 0 Å². The lowest BCUT2D eigenvalue weighted by atomic mass is 10.2. The smallest absolute Gasteiger partial charge is 0.260 e. The number of aromatic amines is 1. The van der Waals surface area contributed by atoms with Crippen molar-refractivity contribution in [3.63, 3.8) is 0 Å². The number of hydrogen-bond donors (Lipinski definition) is 1. The molecule has 2 fully saturated rings. The minimum Gasteiger partial charge on any atom is -0.339 e. The molecule has 1 aliphatic carbocycles. The topological polar surface area (TPSA) is 92.1 Å². The minimum atomic E-state index is -0.370. The second-order valence-corrected chi connectivity index (χ2v) is 5.83. The van der Waals surface area contributed by atoms with Crippen molar-refractivity contribution in [1.29, 1.82) is 0 Å². The van der Waals surface area contributed by atoms with E-state index >= 15 is 0 Å². The SMILES string of the molecule is O=C(c1ccc[nH]c1=O)N1CCC[C@@H]1c1noc(C2CC2)n1. The van der Waals surface area contributed by atoms with Crippen LogP contribution in [0.2, 0.25) is 0 Å². The Kier molecular flexibility index (Phi) is 3.06. The van der Waals surface area contributed by atoms with E-state index in [1.54, 1.807) is 17.0 Å². The van der Waals surface area contributed by atoms with Gasteiger partial charge in [0.1, 0.15) is 5.56 Å². The lowest BCUT2D eigenvalue weighted by Crippen LogP contribution is -2.34. The van der Waals surface area contributed by atoms with Crippen LogP contribution < -0.4 is 5.56 Å². The van der Waals surface area contributed by atoms with Crippen molar-refractivity contribution in [1.82, 2.24) is 20.0 Å². The molecule has 2 aromatic heterocycles. The summed E-state index contributed by atoms with van der Waals surface area (Å²) in [7, 11) is 0. The molecule has 0 bridgehead atoms. The number of carbonyl (C=O) groups excluding carboxylic acids is 1. The number of pyridine rings is 1. The average molecular weight is 300 g/mol. The molecule has 0 unspecified atom stereocenters. The van der Waals surface area contributed by atoms with Gasteiger partial charge in [-0.05, 0) is 37.8 Å². The van der Waals surface area contributed by atoms with Crippen LogP contribution in [0.15, 0.2) is 27.6 Å². The van der Waals surface area contributed by atoms with E-state index in [1.165, 1.54) is 6.20 Å². The molecule has 7 heteroatoms. The van der Waals surface area contributed by atoms with Crippen LogP contribution >= 0.6 is 0 Å². The molecular weight excluding hydrogens is 284 g/mol. The Balaban J connectivity index is 1.61. The molecule has 3 heterocycles. The second kappa shape index (κ2) is 5.08. The van der Waals surface area contributed by atoms with Gasteiger partial charge in [-0.25, -0.2) is 0 Å². The van der Waals surface area contributed by atoms with E-state index in [0.29, 0.717) is 24.2 Å². The molecule has 0 spiro atoms. The summed E-state index contributed by atoms with van der Waals surface area (Å²) in [6.45, 7) is 0.602. The standard InChI is InChI=1S/C15H16N4O3/c20-13-10(3-1-7-16-13)15(21)19-8-2-4-11(19)12-17-14(22-18-12)9-5-6-9/h1,3,7,9,11H,2,4-6,8H2,(H,16,20)/t11-/m1/s1. The molecule has 2 aromatic rings. The number of aromatic nitrogens is 3. The minimum absolute atomic E-state index is 0.153. The van der Waals surface area contributed by atoms with Crippen LogP contribution in [0.5, 0.6) is 0 Å². The van der Waals surface area contributed by atoms with E-state index < -0.39 is 0 Å². The first-order valence-corrected chi connectivity index (χ1v) is 7.56. The van der Waals surface area contributed by atoms with E-state index in [0.717, 1.165) is 25.7 Å². The molecule has 1 saturated heterocycles. The molecule has 1 saturated carbocycles. The molecule has 1 atom stereocenters. The fourth-order valence-electron chi connectivity index (χ4n) is 2.90. The van der Waals surface area contributed by atoms with E-state index in [-0.39, 0.29) is 23.1 Å². The largest absolute Gasteiger partial charge is 0.339 e. The van der Waals surface area contributed by atoms with Gasteiger partial charge in [0.25, 0.3) is 11.5 Å². The molecule has 4 rings (SSSR count). The van der Waals surface area contributed by atoms with Crippen molar-refractivity contribution in [2.75, 3.05) is 6.54 Å². The van der Waals surface area contributed by atoms with Gasteiger partial charge in [0.05, 0.1) is 6.04 Å². The van der Waals surface area contributed by atoms with Gasteiger partial charge in [-0.2, -0.15) is 4.98 Å². The van der Waals surface area contributed by atoms with Crippen molar-refractivity contribution in [2.45, 2.75) is 37.6 Å². The monoisotopic (exact) mass is 300 g/mol. The first-order chi connectivity index (χ1) is 10.7. The molecule has 0 radical (unpaired) electrons. The fraction of sp³-hybridized carbons (Fsp3) is 0.467. The van der Waals surface area contributed by atoms with Crippen LogP contribution in [-0.2, 0) is 0 Å². The molecule has 1 aliphatic heterocycles. The summed E-state index contributed by atoms with van der Waals surface area (Å²) in [5.41, 5.74) is -0.217. The van der Waals surface area contributed by atoms with Crippen molar-refractivity contribution in [2.24, 2.45) is 0 Å². The summed E-state index contributed by atoms with van der Waals surface area (Å²) < 4.78 is 5.29. The van der Waals surface area contributed by atoms with E-state index in [9.17, 15) is 9.59 Å². The molecule has 7 nitrogen and oxygen atoms in total. The maximum Gasteiger partial charge on any atom is 0.260 e. The third kappa shape index (κ3) is 2.22. The van der Waals surface area contributed by atoms with Gasteiger partial charge < -0.3 is 14.4 Å². The molecular formula is C15H16N4O3. The van der Waals surface area contributed by atoms with Crippen molar-refractivity contribution >= 4 is 5.91 Å². The molecule has 1 N–H and O–H groups in total. The third-order valence-electron chi connectivity index (χ3n) is 4.24. The summed E-state index contributed by atoms with van der Waals surface area (Å²) in [5.74, 6) is 1.35. The molecule has 1 amide bonds. The van der Waals surface area contributed by atoms with Crippen LogP contribution in [0.3, 0.4) is 0 Å². The number of amides is 1. The Bertz CT molecular complexity index is 762. The first-order valence-electron chi connectivity index (χ1n) is 7.56. The summed E-state index contributed by atoms with van der Waals surface area (Å²) in [6.07, 6.45) is 5.36. The Morgan fingerprint density at radius 3 is 3.00 bits per heavy atom. The Morgan fingerprint density at radius 2 is 2.23 bits per heavy atom. The van der Waals surface area contributed by atoms with Crippen LogP contribution in [-0.4, -0.2) is 32.5 Å². The van der Waals surface area contributed by atoms with Crippen molar-refractivity contribution in [3.8, 4) is 0 Å². The zero-order valence-electron chi connectivity index (χ0n) is 12.0. The second-order valence-electron chi connectivity index (χ2n) is 5.83. The molecule has 114 valence electrons. The fourth-order valence-corrected chi connectivity index (χ4v) is 2.90. The van der Waals surface area contributed by atoms with E-state index in [2.05, 4.69) is 15.1 Å². The number of nitrogens with one attached hydrogen (secondary N) is 1. The zero-order valence-corrected chi connectivity index (χ0v) is 12.0. The van der Waals surface area contributed by atoms with Crippen LogP contribution in [0.4, 0.5) is 0 Å². The van der Waals surface area contributed by atoms with Gasteiger partial charge in [-0.1, -0.05) is 5.16 Å². The number of nitrogens with zero attached hydrogens (tertiary/aromatic N) is 3. The van der Waals surface area contributed by atoms with Crippen molar-refractivity contribution < 1.29 is 9.32 Å². The first kappa shape index (κ1) is 13.2. The van der Waals surface area contributed by atoms with Gasteiger partial charge >= 0.3 is 0 Å². The highest BCUT2D eigenvalue weighted by molar-refractivity contribution is 5.94. The van der Waals surface area contributed by atoms with Gasteiger partial charge in [0.15, 0.2) is 5.82 Å². The maximum absolute atomic E-state index is 12.6. The van der Waals surface area contributed by atoms with Gasteiger partial charge in [-0.3, -0.25) is 9.59 Å². The number of hydrogen-bond acceptors (Lipinski definition) is 5. The Morgan fingerprint density at radius 1 is 1.36 bits per heavy atom. The number of carbonyl (C=O) groups is 1. The van der Waals surface area contributed by atoms with Crippen LogP contribution in [0.25, 0.3) is 0 Å². The molecule has 22 heavy (non-hydrogen) atoms. The number of likely N-dealkylation sites (tertiary alicyclic amines) is 1. The van der Waals surface area contributed by atoms with Gasteiger partial charge in [0, 0.05) is 18.7 Å². The van der Waals surface area contributed by atoms with Gasteiger partial charge in [-0.15, -0.1) is 0 Å². The van der Waals surface area contributed by atoms with E-state index in [1.807, 2.05) is 0 Å². The quantitative estimate of drug-likeness (QED) is 0.929. The summed E-state index contributed by atoms with van der Waals surface area (Å²) in [4.78, 5) is 33.1. The van der Waals surface area contributed by atoms with E-state index in [4.69, 9.17) is 4.52 Å². The highest BCUT2D eigenvalue weighted by atomic mass is 16.5. The summed E-state index contributed by atoms with van der Waals surface area (Å²) >= 11 is 0. The highest BCUT2D eigenvalue weighted by Gasteiger charge is 2.36. The van der Waals surface area contributed by atoms with Crippen LogP contribution in [0.1, 0.15) is 59.7 Å². The Labute approximate surface area is 126 Å². The lowest BCUT2D eigenvalue weighted by Gasteiger charge is -2.21. The predicted molar refractivity (Wildman–Crippen MR) is 76.3 cm³/mol. The van der Waals surface area contributed by atoms with Gasteiger partial charge in [0.2, 0.25) is 5.89 Å². The normalized spacial score (nSPS) is 21.3. The number of rotatable bonds is 3.